The summed E-state index contributed by atoms with van der Waals surface area (Å²) in [5.41, 5.74) is 2.08. The molecule has 2 aromatic carbocycles. The second kappa shape index (κ2) is 7.00. The lowest BCUT2D eigenvalue weighted by Gasteiger charge is -2.13. The third-order valence-electron chi connectivity index (χ3n) is 4.21. The summed E-state index contributed by atoms with van der Waals surface area (Å²) in [5.74, 6) is -1.52. The van der Waals surface area contributed by atoms with Crippen molar-refractivity contribution in [2.24, 2.45) is 7.05 Å². The third-order valence-corrected chi connectivity index (χ3v) is 4.21. The number of ether oxygens (including phenoxy) is 1. The number of benzene rings is 2. The molecule has 3 aromatic rings. The summed E-state index contributed by atoms with van der Waals surface area (Å²) in [5, 5.41) is 3.31. The Hall–Kier alpha value is -3.15. The van der Waals surface area contributed by atoms with Gasteiger partial charge < -0.3 is 14.6 Å². The monoisotopic (exact) mass is 354 g/mol. The number of nitrogens with one attached hydrogen (secondary N) is 1. The predicted molar refractivity (Wildman–Crippen MR) is 97.6 cm³/mol. The molecule has 0 saturated carbocycles. The van der Waals surface area contributed by atoms with Crippen molar-refractivity contribution in [3.8, 4) is 0 Å². The zero-order valence-electron chi connectivity index (χ0n) is 14.7. The Morgan fingerprint density at radius 3 is 2.65 bits per heavy atom. The summed E-state index contributed by atoms with van der Waals surface area (Å²) in [6.45, 7) is 3.11. The van der Waals surface area contributed by atoms with E-state index >= 15 is 0 Å². The number of amides is 1. The fourth-order valence-electron chi connectivity index (χ4n) is 2.70. The van der Waals surface area contributed by atoms with E-state index in [0.29, 0.717) is 16.8 Å². The number of hydrogen-bond donors (Lipinski definition) is 1. The quantitative estimate of drug-likeness (QED) is 0.725. The molecule has 0 fully saturated rings. The maximum atomic E-state index is 13.6. The van der Waals surface area contributed by atoms with Crippen LogP contribution in [0.5, 0.6) is 0 Å². The van der Waals surface area contributed by atoms with Crippen LogP contribution in [0.3, 0.4) is 0 Å². The van der Waals surface area contributed by atoms with Gasteiger partial charge in [-0.25, -0.2) is 9.18 Å². The van der Waals surface area contributed by atoms with E-state index in [2.05, 4.69) is 5.32 Å². The van der Waals surface area contributed by atoms with Gasteiger partial charge >= 0.3 is 5.97 Å². The van der Waals surface area contributed by atoms with E-state index < -0.39 is 23.8 Å². The van der Waals surface area contributed by atoms with Crippen LogP contribution >= 0.6 is 0 Å². The fourth-order valence-corrected chi connectivity index (χ4v) is 2.70. The number of halogens is 1. The average Bonchev–Trinajstić information content (AvgIpc) is 2.95. The number of fused-ring (bicyclic) bond motifs is 1. The van der Waals surface area contributed by atoms with Gasteiger partial charge in [-0.2, -0.15) is 0 Å². The molecule has 6 heteroatoms. The second-order valence-corrected chi connectivity index (χ2v) is 6.17. The highest BCUT2D eigenvalue weighted by atomic mass is 19.1. The summed E-state index contributed by atoms with van der Waals surface area (Å²) in [4.78, 5) is 24.7. The second-order valence-electron chi connectivity index (χ2n) is 6.17. The molecule has 1 unspecified atom stereocenters. The SMILES string of the molecule is Cc1ccc(NC(=O)C(C)OC(=O)c2cn(C)c3ccccc23)cc1F. The number of aromatic nitrogens is 1. The van der Waals surface area contributed by atoms with Gasteiger partial charge in [-0.15, -0.1) is 0 Å². The van der Waals surface area contributed by atoms with Crippen molar-refractivity contribution in [3.05, 3.63) is 65.6 Å². The molecular weight excluding hydrogens is 335 g/mol. The van der Waals surface area contributed by atoms with E-state index in [1.54, 1.807) is 25.3 Å². The van der Waals surface area contributed by atoms with Gasteiger partial charge in [-0.1, -0.05) is 24.3 Å². The van der Waals surface area contributed by atoms with E-state index in [4.69, 9.17) is 4.74 Å². The molecule has 0 saturated heterocycles. The topological polar surface area (TPSA) is 60.3 Å². The standard InChI is InChI=1S/C20H19FN2O3/c1-12-8-9-14(10-17(12)21)22-19(24)13(2)26-20(25)16-11-23(3)18-7-5-4-6-15(16)18/h4-11,13H,1-3H3,(H,22,24). The van der Waals surface area contributed by atoms with Crippen molar-refractivity contribution in [1.29, 1.82) is 0 Å². The number of anilines is 1. The van der Waals surface area contributed by atoms with Gasteiger partial charge in [0.1, 0.15) is 5.82 Å². The van der Waals surface area contributed by atoms with Crippen LogP contribution in [0.2, 0.25) is 0 Å². The number of aryl methyl sites for hydroxylation is 2. The lowest BCUT2D eigenvalue weighted by Crippen LogP contribution is -2.30. The van der Waals surface area contributed by atoms with Gasteiger partial charge in [0.2, 0.25) is 0 Å². The molecule has 1 N–H and O–H groups in total. The van der Waals surface area contributed by atoms with Gasteiger partial charge in [0.05, 0.1) is 5.56 Å². The smallest absolute Gasteiger partial charge is 0.341 e. The fraction of sp³-hybridized carbons (Fsp3) is 0.200. The van der Waals surface area contributed by atoms with Gasteiger partial charge in [-0.3, -0.25) is 4.79 Å². The lowest BCUT2D eigenvalue weighted by atomic mass is 10.2. The first-order chi connectivity index (χ1) is 12.4. The summed E-state index contributed by atoms with van der Waals surface area (Å²) < 4.78 is 20.7. The molecule has 134 valence electrons. The molecule has 1 atom stereocenters. The lowest BCUT2D eigenvalue weighted by molar-refractivity contribution is -0.123. The molecule has 0 bridgehead atoms. The molecular formula is C20H19FN2O3. The Balaban J connectivity index is 1.72. The highest BCUT2D eigenvalue weighted by Gasteiger charge is 2.22. The molecule has 0 radical (unpaired) electrons. The van der Waals surface area contributed by atoms with Crippen LogP contribution in [0.1, 0.15) is 22.8 Å². The first-order valence-electron chi connectivity index (χ1n) is 8.19. The highest BCUT2D eigenvalue weighted by molar-refractivity contribution is 6.05. The largest absolute Gasteiger partial charge is 0.449 e. The summed E-state index contributed by atoms with van der Waals surface area (Å²) >= 11 is 0. The van der Waals surface area contributed by atoms with Crippen LogP contribution < -0.4 is 5.32 Å². The Morgan fingerprint density at radius 1 is 1.19 bits per heavy atom. The molecule has 3 rings (SSSR count). The minimum Gasteiger partial charge on any atom is -0.449 e. The Morgan fingerprint density at radius 2 is 1.92 bits per heavy atom. The van der Waals surface area contributed by atoms with Crippen molar-refractivity contribution < 1.29 is 18.7 Å². The Bertz CT molecular complexity index is 994. The number of carbonyl (C=O) groups excluding carboxylic acids is 2. The molecule has 0 aliphatic rings. The number of rotatable bonds is 4. The van der Waals surface area contributed by atoms with Gasteiger partial charge in [0.15, 0.2) is 6.10 Å². The first kappa shape index (κ1) is 17.7. The molecule has 0 aliphatic heterocycles. The van der Waals surface area contributed by atoms with Crippen LogP contribution in [0.4, 0.5) is 10.1 Å². The van der Waals surface area contributed by atoms with Crippen LogP contribution in [-0.4, -0.2) is 22.5 Å². The molecule has 0 spiro atoms. The molecule has 5 nitrogen and oxygen atoms in total. The van der Waals surface area contributed by atoms with Crippen LogP contribution in [-0.2, 0) is 16.6 Å². The van der Waals surface area contributed by atoms with Crippen molar-refractivity contribution >= 4 is 28.5 Å². The van der Waals surface area contributed by atoms with Crippen LogP contribution in [0.25, 0.3) is 10.9 Å². The van der Waals surface area contributed by atoms with E-state index in [0.717, 1.165) is 10.9 Å². The molecule has 0 aliphatic carbocycles. The van der Waals surface area contributed by atoms with E-state index in [1.807, 2.05) is 35.9 Å². The van der Waals surface area contributed by atoms with E-state index in [1.165, 1.54) is 13.0 Å². The maximum Gasteiger partial charge on any atom is 0.341 e. The average molecular weight is 354 g/mol. The van der Waals surface area contributed by atoms with Gasteiger partial charge in [0, 0.05) is 29.8 Å². The minimum atomic E-state index is -1.02. The zero-order valence-corrected chi connectivity index (χ0v) is 14.7. The summed E-state index contributed by atoms with van der Waals surface area (Å²) in [7, 11) is 1.83. The number of nitrogens with zero attached hydrogens (tertiary/aromatic N) is 1. The van der Waals surface area contributed by atoms with Crippen molar-refractivity contribution in [1.82, 2.24) is 4.57 Å². The van der Waals surface area contributed by atoms with E-state index in [-0.39, 0.29) is 0 Å². The zero-order chi connectivity index (χ0) is 18.8. The molecule has 26 heavy (non-hydrogen) atoms. The number of hydrogen-bond acceptors (Lipinski definition) is 3. The first-order valence-corrected chi connectivity index (χ1v) is 8.19. The minimum absolute atomic E-state index is 0.311. The summed E-state index contributed by atoms with van der Waals surface area (Å²) in [6.07, 6.45) is 0.651. The summed E-state index contributed by atoms with van der Waals surface area (Å²) in [6, 6.07) is 11.8. The van der Waals surface area contributed by atoms with Crippen molar-refractivity contribution in [2.75, 3.05) is 5.32 Å². The van der Waals surface area contributed by atoms with Gasteiger partial charge in [0.25, 0.3) is 5.91 Å². The normalized spacial score (nSPS) is 12.0. The van der Waals surface area contributed by atoms with Crippen molar-refractivity contribution in [2.45, 2.75) is 20.0 Å². The predicted octanol–water partition coefficient (Wildman–Crippen LogP) is 3.81. The van der Waals surface area contributed by atoms with Gasteiger partial charge in [-0.05, 0) is 37.6 Å². The number of esters is 1. The Labute approximate surface area is 150 Å². The van der Waals surface area contributed by atoms with Crippen molar-refractivity contribution in [3.63, 3.8) is 0 Å². The van der Waals surface area contributed by atoms with Crippen LogP contribution in [0.15, 0.2) is 48.7 Å². The maximum absolute atomic E-state index is 13.6. The van der Waals surface area contributed by atoms with E-state index in [9.17, 15) is 14.0 Å². The Kier molecular flexibility index (Phi) is 4.75. The van der Waals surface area contributed by atoms with Crippen LogP contribution in [0, 0.1) is 12.7 Å². The molecule has 1 heterocycles. The number of carbonyl (C=O) groups is 2. The number of para-hydroxylation sites is 1. The highest BCUT2D eigenvalue weighted by Crippen LogP contribution is 2.21. The molecule has 1 amide bonds. The third kappa shape index (κ3) is 3.44. The molecule has 1 aromatic heterocycles.